The van der Waals surface area contributed by atoms with Crippen molar-refractivity contribution < 1.29 is 9.53 Å². The molecule has 0 atom stereocenters. The van der Waals surface area contributed by atoms with E-state index in [4.69, 9.17) is 4.74 Å². The lowest BCUT2D eigenvalue weighted by atomic mass is 10.1. The Hall–Kier alpha value is -1.40. The van der Waals surface area contributed by atoms with Gasteiger partial charge in [-0.1, -0.05) is 39.8 Å². The second-order valence-electron chi connectivity index (χ2n) is 5.15. The lowest BCUT2D eigenvalue weighted by Gasteiger charge is -2.10. The Kier molecular flexibility index (Phi) is 6.59. The summed E-state index contributed by atoms with van der Waals surface area (Å²) in [6.07, 6.45) is 2.89. The maximum absolute atomic E-state index is 11.9. The Balaban J connectivity index is 1.88. The average molecular weight is 395 g/mol. The highest BCUT2D eigenvalue weighted by Gasteiger charge is 2.11. The Morgan fingerprint density at radius 3 is 2.35 bits per heavy atom. The first kappa shape index (κ1) is 17.9. The number of benzene rings is 1. The van der Waals surface area contributed by atoms with Gasteiger partial charge in [0.15, 0.2) is 5.16 Å². The predicted octanol–water partition coefficient (Wildman–Crippen LogP) is 4.25. The largest absolute Gasteiger partial charge is 0.461 e. The second kappa shape index (κ2) is 8.45. The molecule has 0 unspecified atom stereocenters. The van der Waals surface area contributed by atoms with E-state index in [1.54, 1.807) is 0 Å². The fraction of sp³-hybridized carbons (Fsp3) is 0.353. The molecular weight excluding hydrogens is 376 g/mol. The number of thioether (sulfide) groups is 1. The Bertz CT molecular complexity index is 666. The van der Waals surface area contributed by atoms with Crippen LogP contribution in [0, 0.1) is 13.8 Å². The SMILES string of the molecule is CSc1nc(C)c(CCC(=O)OCc2ccc(Br)cc2)c(C)n1. The zero-order chi connectivity index (χ0) is 16.8. The van der Waals surface area contributed by atoms with Gasteiger partial charge in [-0.15, -0.1) is 0 Å². The molecule has 0 N–H and O–H groups in total. The lowest BCUT2D eigenvalue weighted by molar-refractivity contribution is -0.144. The van der Waals surface area contributed by atoms with E-state index in [1.165, 1.54) is 11.8 Å². The van der Waals surface area contributed by atoms with E-state index in [9.17, 15) is 4.79 Å². The number of aromatic nitrogens is 2. The van der Waals surface area contributed by atoms with Gasteiger partial charge in [0.05, 0.1) is 0 Å². The van der Waals surface area contributed by atoms with Gasteiger partial charge in [-0.05, 0) is 49.8 Å². The van der Waals surface area contributed by atoms with Gasteiger partial charge >= 0.3 is 5.97 Å². The quantitative estimate of drug-likeness (QED) is 0.416. The third-order valence-electron chi connectivity index (χ3n) is 3.47. The molecule has 2 rings (SSSR count). The first-order chi connectivity index (χ1) is 11.0. The fourth-order valence-corrected chi connectivity index (χ4v) is 2.93. The van der Waals surface area contributed by atoms with Gasteiger partial charge in [-0.25, -0.2) is 9.97 Å². The molecule has 0 bridgehead atoms. The van der Waals surface area contributed by atoms with Crippen molar-refractivity contribution in [3.63, 3.8) is 0 Å². The number of hydrogen-bond donors (Lipinski definition) is 0. The smallest absolute Gasteiger partial charge is 0.306 e. The van der Waals surface area contributed by atoms with Crippen molar-refractivity contribution >= 4 is 33.7 Å². The molecule has 1 aromatic heterocycles. The highest BCUT2D eigenvalue weighted by Crippen LogP contribution is 2.17. The molecule has 0 spiro atoms. The number of hydrogen-bond acceptors (Lipinski definition) is 5. The maximum atomic E-state index is 11.9. The number of nitrogens with zero attached hydrogens (tertiary/aromatic N) is 2. The summed E-state index contributed by atoms with van der Waals surface area (Å²) in [6, 6.07) is 7.72. The topological polar surface area (TPSA) is 52.1 Å². The molecule has 0 aliphatic carbocycles. The molecule has 0 saturated carbocycles. The fourth-order valence-electron chi connectivity index (χ4n) is 2.21. The molecule has 1 heterocycles. The molecule has 122 valence electrons. The molecule has 6 heteroatoms. The number of esters is 1. The van der Waals surface area contributed by atoms with E-state index in [1.807, 2.05) is 44.4 Å². The number of carbonyl (C=O) groups is 1. The van der Waals surface area contributed by atoms with Crippen LogP contribution in [0.15, 0.2) is 33.9 Å². The summed E-state index contributed by atoms with van der Waals surface area (Å²) in [7, 11) is 0. The van der Waals surface area contributed by atoms with E-state index < -0.39 is 0 Å². The molecule has 23 heavy (non-hydrogen) atoms. The van der Waals surface area contributed by atoms with Crippen LogP contribution in [-0.2, 0) is 22.6 Å². The molecule has 0 aliphatic rings. The summed E-state index contributed by atoms with van der Waals surface area (Å²) in [5.74, 6) is -0.208. The summed E-state index contributed by atoms with van der Waals surface area (Å²) in [5.41, 5.74) is 3.87. The van der Waals surface area contributed by atoms with Crippen molar-refractivity contribution in [2.24, 2.45) is 0 Å². The standard InChI is InChI=1S/C17H19BrN2O2S/c1-11-15(12(2)20-17(19-11)23-3)8-9-16(21)22-10-13-4-6-14(18)7-5-13/h4-7H,8-10H2,1-3H3. The van der Waals surface area contributed by atoms with Crippen LogP contribution in [-0.4, -0.2) is 22.2 Å². The number of aryl methyl sites for hydroxylation is 2. The van der Waals surface area contributed by atoms with Crippen molar-refractivity contribution in [2.45, 2.75) is 38.5 Å². The van der Waals surface area contributed by atoms with Gasteiger partial charge in [-0.2, -0.15) is 0 Å². The molecule has 0 aliphatic heterocycles. The van der Waals surface area contributed by atoms with Crippen molar-refractivity contribution in [1.29, 1.82) is 0 Å². The first-order valence-electron chi connectivity index (χ1n) is 7.27. The van der Waals surface area contributed by atoms with Crippen LogP contribution in [0.1, 0.15) is 28.9 Å². The van der Waals surface area contributed by atoms with Crippen molar-refractivity contribution in [1.82, 2.24) is 9.97 Å². The van der Waals surface area contributed by atoms with Gasteiger partial charge < -0.3 is 4.74 Å². The average Bonchev–Trinajstić information content (AvgIpc) is 2.53. The zero-order valence-corrected chi connectivity index (χ0v) is 15.8. The normalized spacial score (nSPS) is 10.6. The third kappa shape index (κ3) is 5.32. The van der Waals surface area contributed by atoms with Crippen LogP contribution in [0.2, 0.25) is 0 Å². The van der Waals surface area contributed by atoms with Gasteiger partial charge in [0.1, 0.15) is 6.61 Å². The second-order valence-corrected chi connectivity index (χ2v) is 6.84. The molecule has 0 saturated heterocycles. The molecule has 2 aromatic rings. The minimum absolute atomic E-state index is 0.208. The number of ether oxygens (including phenoxy) is 1. The Labute approximate surface area is 149 Å². The van der Waals surface area contributed by atoms with E-state index in [0.717, 1.165) is 32.1 Å². The Morgan fingerprint density at radius 1 is 1.17 bits per heavy atom. The summed E-state index contributed by atoms with van der Waals surface area (Å²) < 4.78 is 6.32. The van der Waals surface area contributed by atoms with Crippen molar-refractivity contribution in [2.75, 3.05) is 6.26 Å². The van der Waals surface area contributed by atoms with Crippen LogP contribution in [0.4, 0.5) is 0 Å². The van der Waals surface area contributed by atoms with E-state index in [-0.39, 0.29) is 5.97 Å². The number of carbonyl (C=O) groups excluding carboxylic acids is 1. The van der Waals surface area contributed by atoms with Crippen LogP contribution in [0.25, 0.3) is 0 Å². The summed E-state index contributed by atoms with van der Waals surface area (Å²) >= 11 is 4.90. The maximum Gasteiger partial charge on any atom is 0.306 e. The number of rotatable bonds is 6. The number of halogens is 1. The molecule has 0 fully saturated rings. The van der Waals surface area contributed by atoms with Gasteiger partial charge in [0.2, 0.25) is 0 Å². The van der Waals surface area contributed by atoms with E-state index in [0.29, 0.717) is 19.4 Å². The van der Waals surface area contributed by atoms with Crippen LogP contribution >= 0.6 is 27.7 Å². The van der Waals surface area contributed by atoms with Gasteiger partial charge in [0.25, 0.3) is 0 Å². The highest BCUT2D eigenvalue weighted by molar-refractivity contribution is 9.10. The van der Waals surface area contributed by atoms with E-state index >= 15 is 0 Å². The molecule has 4 nitrogen and oxygen atoms in total. The lowest BCUT2D eigenvalue weighted by Crippen LogP contribution is -2.09. The molecule has 0 amide bonds. The summed E-state index contributed by atoms with van der Waals surface area (Å²) in [6.45, 7) is 4.21. The summed E-state index contributed by atoms with van der Waals surface area (Å²) in [5, 5.41) is 0.765. The Morgan fingerprint density at radius 2 is 1.78 bits per heavy atom. The van der Waals surface area contributed by atoms with Crippen molar-refractivity contribution in [3.8, 4) is 0 Å². The van der Waals surface area contributed by atoms with Crippen molar-refractivity contribution in [3.05, 3.63) is 51.3 Å². The minimum Gasteiger partial charge on any atom is -0.461 e. The third-order valence-corrected chi connectivity index (χ3v) is 4.55. The van der Waals surface area contributed by atoms with Gasteiger partial charge in [-0.3, -0.25) is 4.79 Å². The monoisotopic (exact) mass is 394 g/mol. The molecular formula is C17H19BrN2O2S. The van der Waals surface area contributed by atoms with Crippen LogP contribution in [0.3, 0.4) is 0 Å². The highest BCUT2D eigenvalue weighted by atomic mass is 79.9. The van der Waals surface area contributed by atoms with Crippen LogP contribution < -0.4 is 0 Å². The predicted molar refractivity (Wildman–Crippen MR) is 95.5 cm³/mol. The first-order valence-corrected chi connectivity index (χ1v) is 9.29. The van der Waals surface area contributed by atoms with Gasteiger partial charge in [0, 0.05) is 22.3 Å². The summed E-state index contributed by atoms with van der Waals surface area (Å²) in [4.78, 5) is 20.8. The zero-order valence-electron chi connectivity index (χ0n) is 13.4. The van der Waals surface area contributed by atoms with Crippen LogP contribution in [0.5, 0.6) is 0 Å². The molecule has 1 aromatic carbocycles. The molecule has 0 radical (unpaired) electrons. The van der Waals surface area contributed by atoms with E-state index in [2.05, 4.69) is 25.9 Å². The minimum atomic E-state index is -0.208.